The molecule has 0 aliphatic heterocycles. The van der Waals surface area contributed by atoms with E-state index in [1.807, 2.05) is 0 Å². The number of hydrogen-bond acceptors (Lipinski definition) is 7. The van der Waals surface area contributed by atoms with Crippen LogP contribution in [-0.2, 0) is 20.7 Å². The molecule has 32 heavy (non-hydrogen) atoms. The molecule has 0 bridgehead atoms. The molecule has 174 valence electrons. The van der Waals surface area contributed by atoms with E-state index in [1.54, 1.807) is 24.3 Å². The van der Waals surface area contributed by atoms with Gasteiger partial charge in [0.2, 0.25) is 5.91 Å². The van der Waals surface area contributed by atoms with E-state index in [-0.39, 0.29) is 18.2 Å². The van der Waals surface area contributed by atoms with E-state index in [9.17, 15) is 19.5 Å². The van der Waals surface area contributed by atoms with Crippen molar-refractivity contribution in [2.75, 3.05) is 7.11 Å². The highest BCUT2D eigenvalue weighted by Crippen LogP contribution is 2.10. The van der Waals surface area contributed by atoms with E-state index < -0.39 is 18.0 Å². The molecule has 1 atom stereocenters. The number of rotatable bonds is 14. The van der Waals surface area contributed by atoms with Gasteiger partial charge in [0, 0.05) is 12.8 Å². The highest BCUT2D eigenvalue weighted by molar-refractivity contribution is 5.89. The van der Waals surface area contributed by atoms with Crippen molar-refractivity contribution < 1.29 is 24.2 Å². The largest absolute Gasteiger partial charge is 0.480 e. The van der Waals surface area contributed by atoms with Crippen LogP contribution in [0.3, 0.4) is 0 Å². The van der Waals surface area contributed by atoms with Crippen LogP contribution in [0.4, 0.5) is 0 Å². The van der Waals surface area contributed by atoms with Crippen molar-refractivity contribution in [2.45, 2.75) is 70.8 Å². The number of esters is 1. The van der Waals surface area contributed by atoms with Crippen LogP contribution in [0.15, 0.2) is 24.3 Å². The van der Waals surface area contributed by atoms with Crippen molar-refractivity contribution in [3.63, 3.8) is 0 Å². The van der Waals surface area contributed by atoms with Gasteiger partial charge >= 0.3 is 11.9 Å². The summed E-state index contributed by atoms with van der Waals surface area (Å²) < 4.78 is 4.65. The molecule has 1 aromatic carbocycles. The fourth-order valence-corrected chi connectivity index (χ4v) is 3.17. The van der Waals surface area contributed by atoms with Gasteiger partial charge in [-0.25, -0.2) is 9.59 Å². The van der Waals surface area contributed by atoms with Crippen LogP contribution in [0.5, 0.6) is 0 Å². The number of benzene rings is 1. The lowest BCUT2D eigenvalue weighted by molar-refractivity contribution is -0.141. The van der Waals surface area contributed by atoms with Gasteiger partial charge in [-0.1, -0.05) is 45.4 Å². The number of unbranched alkanes of at least 4 members (excludes halogenated alkanes) is 6. The molecule has 0 unspecified atom stereocenters. The third-order valence-electron chi connectivity index (χ3n) is 5.00. The summed E-state index contributed by atoms with van der Waals surface area (Å²) in [4.78, 5) is 36.5. The third kappa shape index (κ3) is 8.09. The summed E-state index contributed by atoms with van der Waals surface area (Å²) in [7, 11) is 1.30. The maximum absolute atomic E-state index is 12.1. The Labute approximate surface area is 187 Å². The molecule has 0 aliphatic rings. The molecule has 0 radical (unpaired) electrons. The number of carbonyl (C=O) groups excluding carboxylic acids is 2. The number of amides is 1. The first-order valence-corrected chi connectivity index (χ1v) is 10.9. The average Bonchev–Trinajstić information content (AvgIpc) is 3.26. The van der Waals surface area contributed by atoms with E-state index in [0.29, 0.717) is 17.7 Å². The number of carbonyl (C=O) groups is 3. The van der Waals surface area contributed by atoms with Crippen molar-refractivity contribution >= 4 is 17.8 Å². The lowest BCUT2D eigenvalue weighted by atomic mass is 10.1. The maximum atomic E-state index is 12.1. The van der Waals surface area contributed by atoms with Gasteiger partial charge in [0.05, 0.1) is 18.4 Å². The zero-order chi connectivity index (χ0) is 23.3. The zero-order valence-corrected chi connectivity index (χ0v) is 18.6. The highest BCUT2D eigenvalue weighted by Gasteiger charge is 2.22. The second-order valence-electron chi connectivity index (χ2n) is 7.57. The van der Waals surface area contributed by atoms with E-state index >= 15 is 0 Å². The van der Waals surface area contributed by atoms with Gasteiger partial charge in [0.15, 0.2) is 5.82 Å². The first kappa shape index (κ1) is 25.0. The fourth-order valence-electron chi connectivity index (χ4n) is 3.17. The molecule has 2 rings (SSSR count). The van der Waals surface area contributed by atoms with Gasteiger partial charge in [0.1, 0.15) is 6.04 Å². The molecule has 1 aromatic heterocycles. The summed E-state index contributed by atoms with van der Waals surface area (Å²) in [6.45, 7) is 2.17. The Morgan fingerprint density at radius 2 is 1.72 bits per heavy atom. The van der Waals surface area contributed by atoms with Crippen LogP contribution in [0.1, 0.15) is 74.5 Å². The highest BCUT2D eigenvalue weighted by atomic mass is 16.5. The SMILES string of the molecule is CCCCCCCCCC(=O)N[C@@H](Cc1nnn(-c2ccc(C(=O)OC)cc2)n1)C(=O)O. The monoisotopic (exact) mass is 445 g/mol. The van der Waals surface area contributed by atoms with Gasteiger partial charge in [-0.05, 0) is 35.9 Å². The Balaban J connectivity index is 1.85. The van der Waals surface area contributed by atoms with Gasteiger partial charge in [-0.2, -0.15) is 0 Å². The van der Waals surface area contributed by atoms with E-state index in [4.69, 9.17) is 0 Å². The lowest BCUT2D eigenvalue weighted by Crippen LogP contribution is -2.42. The summed E-state index contributed by atoms with van der Waals surface area (Å²) in [5.41, 5.74) is 0.928. The molecule has 2 N–H and O–H groups in total. The van der Waals surface area contributed by atoms with Crippen LogP contribution >= 0.6 is 0 Å². The summed E-state index contributed by atoms with van der Waals surface area (Å²) in [5, 5.41) is 24.0. The minimum atomic E-state index is -1.16. The molecule has 0 aliphatic carbocycles. The molecule has 1 amide bonds. The Morgan fingerprint density at radius 3 is 2.34 bits per heavy atom. The predicted molar refractivity (Wildman–Crippen MR) is 116 cm³/mol. The summed E-state index contributed by atoms with van der Waals surface area (Å²) >= 11 is 0. The van der Waals surface area contributed by atoms with Crippen molar-refractivity contribution in [2.24, 2.45) is 0 Å². The lowest BCUT2D eigenvalue weighted by Gasteiger charge is -2.12. The maximum Gasteiger partial charge on any atom is 0.337 e. The molecular formula is C22H31N5O5. The van der Waals surface area contributed by atoms with Crippen LogP contribution in [-0.4, -0.2) is 56.3 Å². The van der Waals surface area contributed by atoms with Gasteiger partial charge in [-0.3, -0.25) is 4.79 Å². The van der Waals surface area contributed by atoms with Crippen LogP contribution in [0.25, 0.3) is 5.69 Å². The summed E-state index contributed by atoms with van der Waals surface area (Å²) in [5.74, 6) is -1.72. The number of aliphatic carboxylic acids is 1. The number of carboxylic acids is 1. The molecule has 10 nitrogen and oxygen atoms in total. The molecular weight excluding hydrogens is 414 g/mol. The van der Waals surface area contributed by atoms with Crippen molar-refractivity contribution in [1.82, 2.24) is 25.5 Å². The van der Waals surface area contributed by atoms with E-state index in [0.717, 1.165) is 19.3 Å². The number of carboxylic acid groups (broad SMARTS) is 1. The number of hydrogen-bond donors (Lipinski definition) is 2. The number of nitrogens with one attached hydrogen (secondary N) is 1. The number of methoxy groups -OCH3 is 1. The second-order valence-corrected chi connectivity index (χ2v) is 7.57. The van der Waals surface area contributed by atoms with Crippen molar-refractivity contribution in [3.8, 4) is 5.69 Å². The van der Waals surface area contributed by atoms with Crippen LogP contribution in [0, 0.1) is 0 Å². The molecule has 2 aromatic rings. The molecule has 0 spiro atoms. The minimum absolute atomic E-state index is 0.0850. The predicted octanol–water partition coefficient (Wildman–Crippen LogP) is 2.70. The molecule has 10 heteroatoms. The number of tetrazole rings is 1. The molecule has 1 heterocycles. The fraction of sp³-hybridized carbons (Fsp3) is 0.545. The average molecular weight is 446 g/mol. The second kappa shape index (κ2) is 13.2. The molecule has 0 fully saturated rings. The smallest absolute Gasteiger partial charge is 0.337 e. The first-order chi connectivity index (χ1) is 15.4. The van der Waals surface area contributed by atoms with Gasteiger partial charge < -0.3 is 15.2 Å². The molecule has 0 saturated carbocycles. The van der Waals surface area contributed by atoms with Gasteiger partial charge in [0.25, 0.3) is 0 Å². The number of nitrogens with zero attached hydrogens (tertiary/aromatic N) is 4. The number of aromatic nitrogens is 4. The quantitative estimate of drug-likeness (QED) is 0.335. The van der Waals surface area contributed by atoms with E-state index in [1.165, 1.54) is 37.6 Å². The summed E-state index contributed by atoms with van der Waals surface area (Å²) in [6.07, 6.45) is 7.81. The van der Waals surface area contributed by atoms with Crippen molar-refractivity contribution in [1.29, 1.82) is 0 Å². The van der Waals surface area contributed by atoms with Crippen LogP contribution in [0.2, 0.25) is 0 Å². The first-order valence-electron chi connectivity index (χ1n) is 10.9. The van der Waals surface area contributed by atoms with Crippen LogP contribution < -0.4 is 5.32 Å². The molecule has 0 saturated heterocycles. The Hall–Kier alpha value is -3.30. The Bertz CT molecular complexity index is 881. The topological polar surface area (TPSA) is 136 Å². The Kier molecular flexibility index (Phi) is 10.3. The zero-order valence-electron chi connectivity index (χ0n) is 18.6. The standard InChI is InChI=1S/C22H31N5O5/c1-3-4-5-6-7-8-9-10-20(28)23-18(21(29)30)15-19-24-26-27(25-19)17-13-11-16(12-14-17)22(31)32-2/h11-14,18H,3-10,15H2,1-2H3,(H,23,28)(H,29,30)/t18-/m0/s1. The summed E-state index contributed by atoms with van der Waals surface area (Å²) in [6, 6.07) is 5.24. The third-order valence-corrected chi connectivity index (χ3v) is 5.00. The van der Waals surface area contributed by atoms with E-state index in [2.05, 4.69) is 32.4 Å². The van der Waals surface area contributed by atoms with Crippen molar-refractivity contribution in [3.05, 3.63) is 35.7 Å². The normalized spacial score (nSPS) is 11.7. The minimum Gasteiger partial charge on any atom is -0.480 e. The van der Waals surface area contributed by atoms with Gasteiger partial charge in [-0.15, -0.1) is 15.0 Å². The Morgan fingerprint density at radius 1 is 1.06 bits per heavy atom. The number of ether oxygens (including phenoxy) is 1.